The number of imide groups is 1. The second-order valence-corrected chi connectivity index (χ2v) is 10.6. The minimum Gasteiger partial charge on any atom is -0.367 e. The zero-order valence-electron chi connectivity index (χ0n) is 20.5. The molecule has 1 aliphatic carbocycles. The Kier molecular flexibility index (Phi) is 6.13. The van der Waals surface area contributed by atoms with Gasteiger partial charge in [-0.2, -0.15) is 9.61 Å². The maximum Gasteiger partial charge on any atom is 0.326 e. The number of carbonyl (C=O) groups excluding carboxylic acids is 3. The highest BCUT2D eigenvalue weighted by Gasteiger charge is 2.27. The lowest BCUT2D eigenvalue weighted by Crippen LogP contribution is -2.48. The summed E-state index contributed by atoms with van der Waals surface area (Å²) in [5, 5.41) is 12.7. The van der Waals surface area contributed by atoms with Gasteiger partial charge in [0.2, 0.25) is 0 Å². The minimum atomic E-state index is -0.556. The van der Waals surface area contributed by atoms with Gasteiger partial charge in [-0.05, 0) is 44.0 Å². The average molecular weight is 521 g/mol. The van der Waals surface area contributed by atoms with Crippen molar-refractivity contribution in [2.75, 3.05) is 38.0 Å². The Labute approximate surface area is 217 Å². The van der Waals surface area contributed by atoms with Gasteiger partial charge in [0.05, 0.1) is 21.6 Å². The standard InChI is InChI=1S/C25H28N8O3S/c1-2-7-31-8-10-32(11-9-31)24(35)20-6-5-19(37-20)17-13-21(27-16-3-4-16)33-22(28-17)15(14-26-33)12-18-23(34)30-25(36)29-18/h5-6,12-14,16,27H,2-4,7-11H2,1H3,(H2,29,30,34,36)/b18-12-. The number of carbonyl (C=O) groups is 3. The fourth-order valence-corrected chi connectivity index (χ4v) is 5.56. The van der Waals surface area contributed by atoms with Crippen LogP contribution < -0.4 is 16.0 Å². The van der Waals surface area contributed by atoms with E-state index < -0.39 is 11.9 Å². The number of hydrogen-bond donors (Lipinski definition) is 3. The van der Waals surface area contributed by atoms with Crippen LogP contribution in [0.2, 0.25) is 0 Å². The molecule has 12 heteroatoms. The molecule has 2 aliphatic heterocycles. The molecule has 6 rings (SSSR count). The zero-order chi connectivity index (χ0) is 25.5. The van der Waals surface area contributed by atoms with E-state index in [1.165, 1.54) is 11.3 Å². The Balaban J connectivity index is 1.30. The summed E-state index contributed by atoms with van der Waals surface area (Å²) in [6.07, 6.45) is 6.49. The number of amides is 4. The molecule has 2 saturated heterocycles. The first-order valence-corrected chi connectivity index (χ1v) is 13.4. The predicted octanol–water partition coefficient (Wildman–Crippen LogP) is 2.38. The number of anilines is 1. The first-order valence-electron chi connectivity index (χ1n) is 12.6. The molecule has 4 amide bonds. The summed E-state index contributed by atoms with van der Waals surface area (Å²) in [5.41, 5.74) is 2.01. The van der Waals surface area contributed by atoms with Crippen molar-refractivity contribution in [3.05, 3.63) is 40.5 Å². The van der Waals surface area contributed by atoms with Crippen LogP contribution in [0.4, 0.5) is 10.6 Å². The van der Waals surface area contributed by atoms with Crippen molar-refractivity contribution < 1.29 is 14.4 Å². The molecule has 3 aromatic rings. The number of nitrogens with one attached hydrogen (secondary N) is 3. The molecule has 3 aromatic heterocycles. The zero-order valence-corrected chi connectivity index (χ0v) is 21.3. The third kappa shape index (κ3) is 4.81. The maximum atomic E-state index is 13.2. The van der Waals surface area contributed by atoms with E-state index in [1.807, 2.05) is 23.1 Å². The van der Waals surface area contributed by atoms with Crippen LogP contribution in [0.3, 0.4) is 0 Å². The Morgan fingerprint density at radius 2 is 2.00 bits per heavy atom. The molecule has 3 fully saturated rings. The summed E-state index contributed by atoms with van der Waals surface area (Å²) in [7, 11) is 0. The molecule has 0 atom stereocenters. The molecule has 11 nitrogen and oxygen atoms in total. The van der Waals surface area contributed by atoms with Crippen molar-refractivity contribution in [3.63, 3.8) is 0 Å². The van der Waals surface area contributed by atoms with Crippen LogP contribution >= 0.6 is 11.3 Å². The Hall–Kier alpha value is -3.77. The van der Waals surface area contributed by atoms with Gasteiger partial charge >= 0.3 is 6.03 Å². The molecular formula is C25H28N8O3S. The molecule has 0 radical (unpaired) electrons. The fraction of sp³-hybridized carbons (Fsp3) is 0.400. The average Bonchev–Trinajstić information content (AvgIpc) is 3.26. The highest BCUT2D eigenvalue weighted by atomic mass is 32.1. The van der Waals surface area contributed by atoms with E-state index in [-0.39, 0.29) is 11.6 Å². The van der Waals surface area contributed by atoms with Crippen LogP contribution in [0.25, 0.3) is 22.3 Å². The monoisotopic (exact) mass is 520 g/mol. The van der Waals surface area contributed by atoms with E-state index in [2.05, 4.69) is 32.9 Å². The summed E-state index contributed by atoms with van der Waals surface area (Å²) in [6, 6.07) is 5.59. The molecule has 5 heterocycles. The van der Waals surface area contributed by atoms with Gasteiger partial charge in [0.25, 0.3) is 11.8 Å². The molecule has 192 valence electrons. The predicted molar refractivity (Wildman–Crippen MR) is 140 cm³/mol. The molecule has 37 heavy (non-hydrogen) atoms. The van der Waals surface area contributed by atoms with Crippen LogP contribution in [0.15, 0.2) is 30.1 Å². The third-order valence-corrected chi connectivity index (χ3v) is 7.81. The van der Waals surface area contributed by atoms with E-state index in [4.69, 9.17) is 4.98 Å². The van der Waals surface area contributed by atoms with Crippen molar-refractivity contribution in [1.29, 1.82) is 0 Å². The van der Waals surface area contributed by atoms with Crippen molar-refractivity contribution in [2.24, 2.45) is 0 Å². The highest BCUT2D eigenvalue weighted by molar-refractivity contribution is 7.17. The minimum absolute atomic E-state index is 0.0579. The molecule has 0 bridgehead atoms. The first-order chi connectivity index (χ1) is 18.0. The molecule has 0 spiro atoms. The van der Waals surface area contributed by atoms with E-state index in [9.17, 15) is 14.4 Å². The fourth-order valence-electron chi connectivity index (χ4n) is 4.62. The Morgan fingerprint density at radius 1 is 1.19 bits per heavy atom. The summed E-state index contributed by atoms with van der Waals surface area (Å²) in [5.74, 6) is 0.358. The van der Waals surface area contributed by atoms with E-state index >= 15 is 0 Å². The number of aromatic nitrogens is 3. The lowest BCUT2D eigenvalue weighted by molar-refractivity contribution is -0.115. The first kappa shape index (κ1) is 23.6. The van der Waals surface area contributed by atoms with Crippen molar-refractivity contribution in [2.45, 2.75) is 32.2 Å². The topological polar surface area (TPSA) is 124 Å². The van der Waals surface area contributed by atoms with Gasteiger partial charge in [0.15, 0.2) is 5.65 Å². The van der Waals surface area contributed by atoms with E-state index in [0.29, 0.717) is 27.8 Å². The number of thiophene rings is 1. The molecule has 1 saturated carbocycles. The number of rotatable bonds is 7. The number of piperazine rings is 1. The highest BCUT2D eigenvalue weighted by Crippen LogP contribution is 2.33. The number of nitrogens with zero attached hydrogens (tertiary/aromatic N) is 5. The smallest absolute Gasteiger partial charge is 0.326 e. The molecule has 3 N–H and O–H groups in total. The number of hydrogen-bond acceptors (Lipinski definition) is 8. The number of fused-ring (bicyclic) bond motifs is 1. The second-order valence-electron chi connectivity index (χ2n) is 9.54. The van der Waals surface area contributed by atoms with Gasteiger partial charge in [0.1, 0.15) is 11.5 Å². The van der Waals surface area contributed by atoms with Gasteiger partial charge in [-0.25, -0.2) is 9.78 Å². The molecule has 0 aromatic carbocycles. The largest absolute Gasteiger partial charge is 0.367 e. The van der Waals surface area contributed by atoms with Crippen LogP contribution in [-0.4, -0.2) is 81.0 Å². The van der Waals surface area contributed by atoms with Gasteiger partial charge in [-0.1, -0.05) is 6.92 Å². The molecule has 0 unspecified atom stereocenters. The summed E-state index contributed by atoms with van der Waals surface area (Å²) in [6.45, 7) is 6.54. The van der Waals surface area contributed by atoms with Crippen molar-refractivity contribution >= 4 is 46.7 Å². The number of urea groups is 1. The van der Waals surface area contributed by atoms with E-state index in [1.54, 1.807) is 16.8 Å². The third-order valence-electron chi connectivity index (χ3n) is 6.72. The Bertz CT molecular complexity index is 1410. The quantitative estimate of drug-likeness (QED) is 0.323. The van der Waals surface area contributed by atoms with Crippen molar-refractivity contribution in [3.8, 4) is 10.6 Å². The van der Waals surface area contributed by atoms with Crippen molar-refractivity contribution in [1.82, 2.24) is 35.0 Å². The summed E-state index contributed by atoms with van der Waals surface area (Å²) in [4.78, 5) is 47.5. The van der Waals surface area contributed by atoms with Crippen LogP contribution in [0.5, 0.6) is 0 Å². The lowest BCUT2D eigenvalue weighted by Gasteiger charge is -2.34. The van der Waals surface area contributed by atoms with Gasteiger partial charge in [-0.15, -0.1) is 11.3 Å². The van der Waals surface area contributed by atoms with Crippen LogP contribution in [0, 0.1) is 0 Å². The van der Waals surface area contributed by atoms with Crippen LogP contribution in [-0.2, 0) is 4.79 Å². The van der Waals surface area contributed by atoms with Gasteiger partial charge in [-0.3, -0.25) is 19.8 Å². The van der Waals surface area contributed by atoms with Gasteiger partial charge < -0.3 is 15.5 Å². The summed E-state index contributed by atoms with van der Waals surface area (Å²) >= 11 is 1.43. The van der Waals surface area contributed by atoms with E-state index in [0.717, 1.165) is 62.7 Å². The summed E-state index contributed by atoms with van der Waals surface area (Å²) < 4.78 is 1.71. The second kappa shape index (κ2) is 9.60. The Morgan fingerprint density at radius 3 is 2.70 bits per heavy atom. The SMILES string of the molecule is CCCN1CCN(C(=O)c2ccc(-c3cc(NC4CC4)n4ncc(/C=C5\NC(=O)NC5=O)c4n3)s2)CC1. The maximum absolute atomic E-state index is 13.2. The lowest BCUT2D eigenvalue weighted by atomic mass is 10.2. The molecular weight excluding hydrogens is 492 g/mol. The van der Waals surface area contributed by atoms with Gasteiger partial charge in [0, 0.05) is 43.9 Å². The van der Waals surface area contributed by atoms with Crippen LogP contribution in [0.1, 0.15) is 41.4 Å². The molecule has 3 aliphatic rings. The normalized spacial score (nSPS) is 19.5.